The van der Waals surface area contributed by atoms with E-state index in [1.165, 1.54) is 0 Å². The van der Waals surface area contributed by atoms with Crippen molar-refractivity contribution in [3.8, 4) is 11.5 Å². The van der Waals surface area contributed by atoms with E-state index in [2.05, 4.69) is 42.8 Å². The van der Waals surface area contributed by atoms with Gasteiger partial charge in [0.25, 0.3) is 0 Å². The summed E-state index contributed by atoms with van der Waals surface area (Å²) >= 11 is 8.89. The van der Waals surface area contributed by atoms with Crippen LogP contribution in [-0.2, 0) is 4.79 Å². The Morgan fingerprint density at radius 1 is 1.26 bits per heavy atom. The van der Waals surface area contributed by atoms with Crippen molar-refractivity contribution in [2.24, 2.45) is 5.92 Å². The standard InChI is InChI=1S/C19H21Br2NO4S/c1-25-14-8-12(13(20)9-15(14)26-2)18(16-5-6-17(21)27-16)22-7-3-4-11(10-22)19(23)24/h5-6,8-9,11,18H,3-4,7,10H2,1-2H3,(H,23,24). The van der Waals surface area contributed by atoms with E-state index in [1.807, 2.05) is 18.2 Å². The molecule has 0 amide bonds. The first kappa shape index (κ1) is 20.6. The second-order valence-corrected chi connectivity index (χ2v) is 9.79. The second-order valence-electron chi connectivity index (χ2n) is 6.45. The molecular weight excluding hydrogens is 498 g/mol. The number of carbonyl (C=O) groups is 1. The molecule has 1 N–H and O–H groups in total. The van der Waals surface area contributed by atoms with Gasteiger partial charge in [0.2, 0.25) is 0 Å². The van der Waals surface area contributed by atoms with Crippen LogP contribution in [0.3, 0.4) is 0 Å². The molecule has 8 heteroatoms. The smallest absolute Gasteiger partial charge is 0.307 e. The molecule has 1 aromatic carbocycles. The minimum Gasteiger partial charge on any atom is -0.493 e. The fourth-order valence-corrected chi connectivity index (χ4v) is 5.64. The molecule has 0 aliphatic carbocycles. The average Bonchev–Trinajstić information content (AvgIpc) is 3.09. The van der Waals surface area contributed by atoms with Crippen LogP contribution in [0, 0.1) is 5.92 Å². The van der Waals surface area contributed by atoms with Crippen LogP contribution in [0.4, 0.5) is 0 Å². The van der Waals surface area contributed by atoms with E-state index in [0.717, 1.165) is 38.1 Å². The van der Waals surface area contributed by atoms with Gasteiger partial charge in [-0.05, 0) is 65.1 Å². The largest absolute Gasteiger partial charge is 0.493 e. The minimum absolute atomic E-state index is 0.0577. The quantitative estimate of drug-likeness (QED) is 0.571. The predicted molar refractivity (Wildman–Crippen MR) is 113 cm³/mol. The zero-order valence-electron chi connectivity index (χ0n) is 15.1. The summed E-state index contributed by atoms with van der Waals surface area (Å²) in [6, 6.07) is 7.94. The number of benzene rings is 1. The van der Waals surface area contributed by atoms with Gasteiger partial charge >= 0.3 is 5.97 Å². The normalized spacial score (nSPS) is 18.9. The van der Waals surface area contributed by atoms with Crippen molar-refractivity contribution in [2.45, 2.75) is 18.9 Å². The Labute approximate surface area is 179 Å². The summed E-state index contributed by atoms with van der Waals surface area (Å²) in [5.74, 6) is 0.241. The van der Waals surface area contributed by atoms with Crippen molar-refractivity contribution in [3.05, 3.63) is 43.0 Å². The molecule has 3 rings (SSSR count). The molecule has 1 aliphatic heterocycles. The maximum atomic E-state index is 11.6. The van der Waals surface area contributed by atoms with E-state index in [9.17, 15) is 9.90 Å². The summed E-state index contributed by atoms with van der Waals surface area (Å²) in [6.45, 7) is 1.38. The van der Waals surface area contributed by atoms with Crippen molar-refractivity contribution in [2.75, 3.05) is 27.3 Å². The topological polar surface area (TPSA) is 59.0 Å². The molecule has 0 saturated carbocycles. The molecule has 1 saturated heterocycles. The summed E-state index contributed by atoms with van der Waals surface area (Å²) in [7, 11) is 3.23. The number of rotatable bonds is 6. The molecule has 2 heterocycles. The van der Waals surface area contributed by atoms with E-state index >= 15 is 0 Å². The van der Waals surface area contributed by atoms with Crippen molar-refractivity contribution in [1.29, 1.82) is 0 Å². The molecule has 0 spiro atoms. The van der Waals surface area contributed by atoms with Crippen molar-refractivity contribution in [3.63, 3.8) is 0 Å². The zero-order valence-corrected chi connectivity index (χ0v) is 19.1. The lowest BCUT2D eigenvalue weighted by molar-refractivity contribution is -0.143. The van der Waals surface area contributed by atoms with Gasteiger partial charge in [0, 0.05) is 15.9 Å². The number of hydrogen-bond donors (Lipinski definition) is 1. The van der Waals surface area contributed by atoms with Gasteiger partial charge in [-0.25, -0.2) is 0 Å². The summed E-state index contributed by atoms with van der Waals surface area (Å²) in [5, 5.41) is 9.51. The highest BCUT2D eigenvalue weighted by Crippen LogP contribution is 2.43. The van der Waals surface area contributed by atoms with Crippen LogP contribution in [0.15, 0.2) is 32.5 Å². The minimum atomic E-state index is -0.725. The fraction of sp³-hybridized carbons (Fsp3) is 0.421. The van der Waals surface area contributed by atoms with E-state index < -0.39 is 5.97 Å². The van der Waals surface area contributed by atoms with Gasteiger partial charge in [-0.2, -0.15) is 0 Å². The summed E-state index contributed by atoms with van der Waals surface area (Å²) in [4.78, 5) is 15.0. The lowest BCUT2D eigenvalue weighted by Crippen LogP contribution is -2.41. The van der Waals surface area contributed by atoms with Gasteiger partial charge in [0.15, 0.2) is 11.5 Å². The third-order valence-electron chi connectivity index (χ3n) is 4.83. The van der Waals surface area contributed by atoms with Gasteiger partial charge in [0.1, 0.15) is 0 Å². The van der Waals surface area contributed by atoms with E-state index in [1.54, 1.807) is 25.6 Å². The Hall–Kier alpha value is -1.09. The number of halogens is 2. The van der Waals surface area contributed by atoms with Crippen molar-refractivity contribution in [1.82, 2.24) is 4.90 Å². The number of ether oxygens (including phenoxy) is 2. The van der Waals surface area contributed by atoms with Crippen LogP contribution in [0.5, 0.6) is 11.5 Å². The van der Waals surface area contributed by atoms with Crippen LogP contribution in [0.1, 0.15) is 29.3 Å². The number of methoxy groups -OCH3 is 2. The summed E-state index contributed by atoms with van der Waals surface area (Å²) in [5.41, 5.74) is 1.04. The van der Waals surface area contributed by atoms with Gasteiger partial charge in [-0.15, -0.1) is 11.3 Å². The monoisotopic (exact) mass is 517 g/mol. The Morgan fingerprint density at radius 3 is 2.56 bits per heavy atom. The number of nitrogens with zero attached hydrogens (tertiary/aromatic N) is 1. The number of likely N-dealkylation sites (tertiary alicyclic amines) is 1. The third-order valence-corrected chi connectivity index (χ3v) is 7.19. The first-order valence-electron chi connectivity index (χ1n) is 8.58. The van der Waals surface area contributed by atoms with Crippen LogP contribution in [0.25, 0.3) is 0 Å². The van der Waals surface area contributed by atoms with Gasteiger partial charge in [-0.3, -0.25) is 9.69 Å². The first-order valence-corrected chi connectivity index (χ1v) is 11.0. The predicted octanol–water partition coefficient (Wildman–Crippen LogP) is 5.18. The highest BCUT2D eigenvalue weighted by atomic mass is 79.9. The fourth-order valence-electron chi connectivity index (χ4n) is 3.53. The average molecular weight is 519 g/mol. The Balaban J connectivity index is 2.07. The molecule has 27 heavy (non-hydrogen) atoms. The summed E-state index contributed by atoms with van der Waals surface area (Å²) < 4.78 is 12.9. The Bertz CT molecular complexity index is 826. The van der Waals surface area contributed by atoms with Crippen molar-refractivity contribution >= 4 is 49.2 Å². The molecule has 0 bridgehead atoms. The highest BCUT2D eigenvalue weighted by Gasteiger charge is 2.33. The Morgan fingerprint density at radius 2 is 1.96 bits per heavy atom. The number of carboxylic acids is 1. The van der Waals surface area contributed by atoms with Crippen LogP contribution >= 0.6 is 43.2 Å². The molecule has 0 radical (unpaired) electrons. The number of piperidine rings is 1. The van der Waals surface area contributed by atoms with Gasteiger partial charge in [0.05, 0.1) is 30.0 Å². The Kier molecular flexibility index (Phi) is 6.83. The lowest BCUT2D eigenvalue weighted by Gasteiger charge is -2.37. The summed E-state index contributed by atoms with van der Waals surface area (Å²) in [6.07, 6.45) is 1.59. The van der Waals surface area contributed by atoms with Crippen LogP contribution in [-0.4, -0.2) is 43.3 Å². The van der Waals surface area contributed by atoms with E-state index in [4.69, 9.17) is 9.47 Å². The molecule has 2 aromatic rings. The van der Waals surface area contributed by atoms with E-state index in [0.29, 0.717) is 18.0 Å². The second kappa shape index (κ2) is 8.94. The molecule has 2 atom stereocenters. The number of carboxylic acid groups (broad SMARTS) is 1. The SMILES string of the molecule is COc1cc(Br)c(C(c2ccc(Br)s2)N2CCCC(C(=O)O)C2)cc1OC. The lowest BCUT2D eigenvalue weighted by atomic mass is 9.94. The van der Waals surface area contributed by atoms with E-state index in [-0.39, 0.29) is 12.0 Å². The van der Waals surface area contributed by atoms with Gasteiger partial charge < -0.3 is 14.6 Å². The molecule has 146 valence electrons. The van der Waals surface area contributed by atoms with Crippen molar-refractivity contribution < 1.29 is 19.4 Å². The first-order chi connectivity index (χ1) is 12.9. The number of thiophene rings is 1. The third kappa shape index (κ3) is 4.50. The molecule has 1 fully saturated rings. The molecule has 1 aromatic heterocycles. The van der Waals surface area contributed by atoms with Gasteiger partial charge in [-0.1, -0.05) is 15.9 Å². The maximum absolute atomic E-state index is 11.6. The van der Waals surface area contributed by atoms with Crippen LogP contribution in [0.2, 0.25) is 0 Å². The van der Waals surface area contributed by atoms with Crippen LogP contribution < -0.4 is 9.47 Å². The maximum Gasteiger partial charge on any atom is 0.307 e. The molecule has 1 aliphatic rings. The molecular formula is C19H21Br2NO4S. The molecule has 5 nitrogen and oxygen atoms in total. The zero-order chi connectivity index (χ0) is 19.6. The number of aliphatic carboxylic acids is 1. The molecule has 2 unspecified atom stereocenters. The highest BCUT2D eigenvalue weighted by molar-refractivity contribution is 9.11. The number of hydrogen-bond acceptors (Lipinski definition) is 5.